The van der Waals surface area contributed by atoms with Gasteiger partial charge < -0.3 is 5.73 Å². The number of pyridine rings is 1. The van der Waals surface area contributed by atoms with Crippen molar-refractivity contribution in [3.63, 3.8) is 0 Å². The summed E-state index contributed by atoms with van der Waals surface area (Å²) in [5, 5.41) is 1.38. The Hall–Kier alpha value is -1.48. The van der Waals surface area contributed by atoms with E-state index in [0.29, 0.717) is 11.9 Å². The largest absolute Gasteiger partial charge is 0.326 e. The van der Waals surface area contributed by atoms with E-state index in [2.05, 4.69) is 4.98 Å². The maximum absolute atomic E-state index is 13.2. The van der Waals surface area contributed by atoms with Crippen molar-refractivity contribution in [3.8, 4) is 0 Å². The molecule has 1 heterocycles. The fourth-order valence-electron chi connectivity index (χ4n) is 1.40. The van der Waals surface area contributed by atoms with Crippen LogP contribution in [0.1, 0.15) is 5.56 Å². The van der Waals surface area contributed by atoms with E-state index in [1.54, 1.807) is 18.3 Å². The second-order valence-corrected chi connectivity index (χ2v) is 2.83. The van der Waals surface area contributed by atoms with Gasteiger partial charge in [-0.15, -0.1) is 0 Å². The highest BCUT2D eigenvalue weighted by atomic mass is 19.1. The van der Waals surface area contributed by atoms with E-state index in [1.807, 2.05) is 0 Å². The van der Waals surface area contributed by atoms with Crippen LogP contribution in [-0.2, 0) is 6.54 Å². The van der Waals surface area contributed by atoms with E-state index < -0.39 is 0 Å². The average molecular weight is 176 g/mol. The second kappa shape index (κ2) is 3.11. The number of aromatic nitrogens is 1. The fraction of sp³-hybridized carbons (Fsp3) is 0.100. The van der Waals surface area contributed by atoms with Crippen LogP contribution in [0.5, 0.6) is 0 Å². The maximum Gasteiger partial charge on any atom is 0.132 e. The quantitative estimate of drug-likeness (QED) is 0.720. The van der Waals surface area contributed by atoms with Gasteiger partial charge in [0, 0.05) is 24.3 Å². The zero-order valence-electron chi connectivity index (χ0n) is 7.00. The molecule has 0 unspecified atom stereocenters. The number of fused-ring (bicyclic) bond motifs is 1. The fourth-order valence-corrected chi connectivity index (χ4v) is 1.40. The van der Waals surface area contributed by atoms with Crippen LogP contribution in [0.4, 0.5) is 4.39 Å². The third kappa shape index (κ3) is 1.27. The van der Waals surface area contributed by atoms with Gasteiger partial charge in [-0.1, -0.05) is 6.07 Å². The monoisotopic (exact) mass is 176 g/mol. The molecule has 66 valence electrons. The minimum absolute atomic E-state index is 0.250. The van der Waals surface area contributed by atoms with Gasteiger partial charge >= 0.3 is 0 Å². The lowest BCUT2D eigenvalue weighted by atomic mass is 10.1. The summed E-state index contributed by atoms with van der Waals surface area (Å²) in [5.41, 5.74) is 6.47. The number of nitrogens with zero attached hydrogens (tertiary/aromatic N) is 1. The minimum atomic E-state index is -0.250. The van der Waals surface area contributed by atoms with Crippen LogP contribution in [0.15, 0.2) is 30.6 Å². The molecule has 2 N–H and O–H groups in total. The molecule has 0 spiro atoms. The highest BCUT2D eigenvalue weighted by molar-refractivity contribution is 5.85. The van der Waals surface area contributed by atoms with Crippen LogP contribution in [0.2, 0.25) is 0 Å². The summed E-state index contributed by atoms with van der Waals surface area (Å²) in [6, 6.07) is 4.91. The van der Waals surface area contributed by atoms with Gasteiger partial charge in [0.05, 0.1) is 0 Å². The molecule has 0 aliphatic rings. The Morgan fingerprint density at radius 2 is 2.08 bits per heavy atom. The molecule has 0 aliphatic heterocycles. The number of rotatable bonds is 1. The minimum Gasteiger partial charge on any atom is -0.326 e. The molecule has 2 nitrogen and oxygen atoms in total. The Morgan fingerprint density at radius 1 is 1.23 bits per heavy atom. The zero-order valence-corrected chi connectivity index (χ0v) is 7.00. The van der Waals surface area contributed by atoms with Gasteiger partial charge in [-0.05, 0) is 23.1 Å². The second-order valence-electron chi connectivity index (χ2n) is 2.83. The molecule has 0 fully saturated rings. The number of halogens is 1. The predicted octanol–water partition coefficient (Wildman–Crippen LogP) is 1.83. The molecule has 0 aliphatic carbocycles. The standard InChI is InChI=1S/C10H9FN2/c11-10-2-1-7(5-12)8-3-4-13-6-9(8)10/h1-4,6H,5,12H2. The Bertz CT molecular complexity index is 440. The highest BCUT2D eigenvalue weighted by Crippen LogP contribution is 2.20. The SMILES string of the molecule is NCc1ccc(F)c2cnccc12. The Labute approximate surface area is 75.2 Å². The first-order chi connectivity index (χ1) is 6.33. The lowest BCUT2D eigenvalue weighted by Gasteiger charge is -2.03. The third-order valence-corrected chi connectivity index (χ3v) is 2.08. The molecule has 3 heteroatoms. The molecule has 13 heavy (non-hydrogen) atoms. The third-order valence-electron chi connectivity index (χ3n) is 2.08. The van der Waals surface area contributed by atoms with Crippen molar-refractivity contribution in [3.05, 3.63) is 42.0 Å². The van der Waals surface area contributed by atoms with Crippen LogP contribution in [0.3, 0.4) is 0 Å². The van der Waals surface area contributed by atoms with Crippen LogP contribution in [0, 0.1) is 5.82 Å². The molecule has 0 saturated carbocycles. The summed E-state index contributed by atoms with van der Waals surface area (Å²) < 4.78 is 13.2. The lowest BCUT2D eigenvalue weighted by molar-refractivity contribution is 0.639. The number of benzene rings is 1. The molecule has 0 bridgehead atoms. The van der Waals surface area contributed by atoms with Gasteiger partial charge in [0.1, 0.15) is 5.82 Å². The Morgan fingerprint density at radius 3 is 2.85 bits per heavy atom. The van der Waals surface area contributed by atoms with E-state index in [0.717, 1.165) is 10.9 Å². The van der Waals surface area contributed by atoms with Crippen LogP contribution in [-0.4, -0.2) is 4.98 Å². The van der Waals surface area contributed by atoms with Gasteiger partial charge in [-0.25, -0.2) is 4.39 Å². The summed E-state index contributed by atoms with van der Waals surface area (Å²) in [5.74, 6) is -0.250. The van der Waals surface area contributed by atoms with E-state index in [4.69, 9.17) is 5.73 Å². The first-order valence-electron chi connectivity index (χ1n) is 4.04. The first kappa shape index (κ1) is 8.13. The molecule has 0 amide bonds. The summed E-state index contributed by atoms with van der Waals surface area (Å²) >= 11 is 0. The van der Waals surface area contributed by atoms with Crippen molar-refractivity contribution >= 4 is 10.8 Å². The summed E-state index contributed by atoms with van der Waals surface area (Å²) in [6.07, 6.45) is 3.16. The van der Waals surface area contributed by atoms with Crippen molar-refractivity contribution < 1.29 is 4.39 Å². The molecule has 2 aromatic rings. The predicted molar refractivity (Wildman–Crippen MR) is 49.6 cm³/mol. The Kier molecular flexibility index (Phi) is 1.94. The molecule has 1 aromatic heterocycles. The first-order valence-corrected chi connectivity index (χ1v) is 4.04. The Balaban J connectivity index is 2.84. The van der Waals surface area contributed by atoms with Crippen LogP contribution < -0.4 is 5.73 Å². The van der Waals surface area contributed by atoms with E-state index >= 15 is 0 Å². The van der Waals surface area contributed by atoms with Crippen LogP contribution >= 0.6 is 0 Å². The van der Waals surface area contributed by atoms with Gasteiger partial charge in [0.2, 0.25) is 0 Å². The summed E-state index contributed by atoms with van der Waals surface area (Å²) in [6.45, 7) is 0.417. The van der Waals surface area contributed by atoms with E-state index in [-0.39, 0.29) is 5.82 Å². The van der Waals surface area contributed by atoms with Crippen molar-refractivity contribution in [2.24, 2.45) is 5.73 Å². The van der Waals surface area contributed by atoms with Gasteiger partial charge in [0.15, 0.2) is 0 Å². The normalized spacial score (nSPS) is 10.6. The molecular formula is C10H9FN2. The zero-order chi connectivity index (χ0) is 9.26. The highest BCUT2D eigenvalue weighted by Gasteiger charge is 2.03. The van der Waals surface area contributed by atoms with Crippen molar-refractivity contribution in [2.45, 2.75) is 6.54 Å². The van der Waals surface area contributed by atoms with Gasteiger partial charge in [-0.3, -0.25) is 4.98 Å². The van der Waals surface area contributed by atoms with E-state index in [1.165, 1.54) is 12.3 Å². The van der Waals surface area contributed by atoms with Gasteiger partial charge in [-0.2, -0.15) is 0 Å². The number of hydrogen-bond donors (Lipinski definition) is 1. The molecular weight excluding hydrogens is 167 g/mol. The average Bonchev–Trinajstić information content (AvgIpc) is 2.19. The maximum atomic E-state index is 13.2. The molecule has 0 radical (unpaired) electrons. The van der Waals surface area contributed by atoms with Gasteiger partial charge in [0.25, 0.3) is 0 Å². The summed E-state index contributed by atoms with van der Waals surface area (Å²) in [7, 11) is 0. The molecule has 0 atom stereocenters. The van der Waals surface area contributed by atoms with Crippen molar-refractivity contribution in [2.75, 3.05) is 0 Å². The number of hydrogen-bond acceptors (Lipinski definition) is 2. The van der Waals surface area contributed by atoms with Crippen molar-refractivity contribution in [1.29, 1.82) is 0 Å². The summed E-state index contributed by atoms with van der Waals surface area (Å²) in [4.78, 5) is 3.87. The van der Waals surface area contributed by atoms with Crippen LogP contribution in [0.25, 0.3) is 10.8 Å². The molecule has 1 aromatic carbocycles. The lowest BCUT2D eigenvalue weighted by Crippen LogP contribution is -1.98. The topological polar surface area (TPSA) is 38.9 Å². The number of nitrogens with two attached hydrogens (primary N) is 1. The van der Waals surface area contributed by atoms with E-state index in [9.17, 15) is 4.39 Å². The molecule has 2 rings (SSSR count). The molecule has 0 saturated heterocycles. The van der Waals surface area contributed by atoms with Crippen molar-refractivity contribution in [1.82, 2.24) is 4.98 Å². The smallest absolute Gasteiger partial charge is 0.132 e.